The van der Waals surface area contributed by atoms with Crippen LogP contribution >= 0.6 is 0 Å². The maximum atomic E-state index is 13.5. The third kappa shape index (κ3) is 4.59. The van der Waals surface area contributed by atoms with Crippen LogP contribution in [0.25, 0.3) is 0 Å². The summed E-state index contributed by atoms with van der Waals surface area (Å²) >= 11 is 0. The third-order valence-electron chi connectivity index (χ3n) is 4.98. The first kappa shape index (κ1) is 21.2. The Bertz CT molecular complexity index is 816. The number of carboxylic acids is 1. The first-order valence-corrected chi connectivity index (χ1v) is 11.0. The summed E-state index contributed by atoms with van der Waals surface area (Å²) in [4.78, 5) is 12.5. The highest BCUT2D eigenvalue weighted by Gasteiger charge is 2.52. The number of unbranched alkanes of at least 4 members (excludes halogenated alkanes) is 5. The maximum Gasteiger partial charge on any atom is 0.330 e. The van der Waals surface area contributed by atoms with Gasteiger partial charge in [0.05, 0.1) is 4.90 Å². The van der Waals surface area contributed by atoms with Crippen LogP contribution in [0.1, 0.15) is 57.4 Å². The second kappa shape index (κ2) is 9.70. The van der Waals surface area contributed by atoms with Gasteiger partial charge < -0.3 is 5.11 Å². The molecule has 2 aromatic carbocycles. The predicted octanol–water partition coefficient (Wildman–Crippen LogP) is 5.19. The topological polar surface area (TPSA) is 71.4 Å². The number of hydrogen-bond donors (Lipinski definition) is 1. The van der Waals surface area contributed by atoms with Crippen molar-refractivity contribution in [1.82, 2.24) is 0 Å². The summed E-state index contributed by atoms with van der Waals surface area (Å²) in [7, 11) is -4.11. The molecule has 0 aliphatic heterocycles. The van der Waals surface area contributed by atoms with Gasteiger partial charge in [-0.25, -0.2) is 8.42 Å². The first-order chi connectivity index (χ1) is 13.0. The van der Waals surface area contributed by atoms with Crippen molar-refractivity contribution in [3.8, 4) is 0 Å². The van der Waals surface area contributed by atoms with E-state index >= 15 is 0 Å². The van der Waals surface area contributed by atoms with Crippen LogP contribution in [0.5, 0.6) is 0 Å². The summed E-state index contributed by atoms with van der Waals surface area (Å²) in [6.07, 6.45) is 5.80. The van der Waals surface area contributed by atoms with E-state index in [0.29, 0.717) is 12.0 Å². The van der Waals surface area contributed by atoms with Gasteiger partial charge in [-0.05, 0) is 24.1 Å². The lowest BCUT2D eigenvalue weighted by molar-refractivity contribution is -0.140. The molecule has 0 saturated heterocycles. The Hall–Kier alpha value is -2.14. The molecular formula is C22H28O4S. The van der Waals surface area contributed by atoms with E-state index in [0.717, 1.165) is 32.1 Å². The smallest absolute Gasteiger partial charge is 0.330 e. The number of carboxylic acid groups (broad SMARTS) is 1. The number of rotatable bonds is 11. The Morgan fingerprint density at radius 2 is 1.37 bits per heavy atom. The Labute approximate surface area is 162 Å². The first-order valence-electron chi connectivity index (χ1n) is 9.55. The van der Waals surface area contributed by atoms with Gasteiger partial charge in [0.15, 0.2) is 14.6 Å². The number of sulfone groups is 1. The molecule has 0 saturated carbocycles. The molecule has 0 heterocycles. The number of hydrogen-bond acceptors (Lipinski definition) is 3. The van der Waals surface area contributed by atoms with Crippen molar-refractivity contribution in [1.29, 1.82) is 0 Å². The summed E-state index contributed by atoms with van der Waals surface area (Å²) in [6.45, 7) is 2.14. The monoisotopic (exact) mass is 388 g/mol. The zero-order valence-corrected chi connectivity index (χ0v) is 16.6. The lowest BCUT2D eigenvalue weighted by Crippen LogP contribution is -2.43. The van der Waals surface area contributed by atoms with Crippen LogP contribution in [-0.4, -0.2) is 19.5 Å². The van der Waals surface area contributed by atoms with E-state index in [-0.39, 0.29) is 11.3 Å². The van der Waals surface area contributed by atoms with E-state index < -0.39 is 20.6 Å². The molecule has 5 heteroatoms. The lowest BCUT2D eigenvalue weighted by Gasteiger charge is -2.30. The van der Waals surface area contributed by atoms with E-state index in [4.69, 9.17) is 0 Å². The molecule has 2 aromatic rings. The molecule has 0 radical (unpaired) electrons. The minimum Gasteiger partial charge on any atom is -0.480 e. The molecule has 0 aliphatic rings. The van der Waals surface area contributed by atoms with E-state index in [2.05, 4.69) is 6.92 Å². The van der Waals surface area contributed by atoms with Gasteiger partial charge in [-0.2, -0.15) is 0 Å². The van der Waals surface area contributed by atoms with Gasteiger partial charge in [0.25, 0.3) is 0 Å². The fourth-order valence-corrected chi connectivity index (χ4v) is 5.45. The summed E-state index contributed by atoms with van der Waals surface area (Å²) in [5, 5.41) is 10.1. The average Bonchev–Trinajstić information content (AvgIpc) is 2.68. The average molecular weight is 389 g/mol. The van der Waals surface area contributed by atoms with Crippen LogP contribution < -0.4 is 0 Å². The van der Waals surface area contributed by atoms with Crippen molar-refractivity contribution in [2.45, 2.75) is 61.5 Å². The second-order valence-corrected chi connectivity index (χ2v) is 9.01. The number of carbonyl (C=O) groups is 1. The molecule has 27 heavy (non-hydrogen) atoms. The highest BCUT2D eigenvalue weighted by Crippen LogP contribution is 2.40. The largest absolute Gasteiger partial charge is 0.480 e. The zero-order chi connectivity index (χ0) is 19.8. The molecule has 1 unspecified atom stereocenters. The maximum absolute atomic E-state index is 13.5. The molecular weight excluding hydrogens is 360 g/mol. The van der Waals surface area contributed by atoms with Gasteiger partial charge in [0, 0.05) is 0 Å². The van der Waals surface area contributed by atoms with Crippen molar-refractivity contribution in [2.24, 2.45) is 0 Å². The van der Waals surface area contributed by atoms with Gasteiger partial charge >= 0.3 is 5.97 Å². The molecule has 1 atom stereocenters. The summed E-state index contributed by atoms with van der Waals surface area (Å²) in [5.74, 6) is -1.31. The standard InChI is InChI=1S/C22H28O4S/c1-2-3-4-5-6-13-18-22(21(23)24,19-14-9-7-10-15-19)27(25,26)20-16-11-8-12-17-20/h7-12,14-17H,2-6,13,18H2,1H3,(H,23,24). The Balaban J connectivity index is 2.43. The minimum absolute atomic E-state index is 0.0437. The van der Waals surface area contributed by atoms with E-state index in [9.17, 15) is 18.3 Å². The SMILES string of the molecule is CCCCCCCCC(C(=O)O)(c1ccccc1)S(=O)(=O)c1ccccc1. The van der Waals surface area contributed by atoms with Crippen LogP contribution in [0, 0.1) is 0 Å². The number of benzene rings is 2. The molecule has 0 aromatic heterocycles. The van der Waals surface area contributed by atoms with Gasteiger partial charge in [-0.15, -0.1) is 0 Å². The van der Waals surface area contributed by atoms with Crippen molar-refractivity contribution >= 4 is 15.8 Å². The van der Waals surface area contributed by atoms with Gasteiger partial charge in [-0.3, -0.25) is 4.79 Å². The summed E-state index contributed by atoms with van der Waals surface area (Å²) in [5.41, 5.74) is 0.315. The molecule has 1 N–H and O–H groups in total. The fourth-order valence-electron chi connectivity index (χ4n) is 3.44. The number of aliphatic carboxylic acids is 1. The van der Waals surface area contributed by atoms with Crippen LogP contribution in [0.2, 0.25) is 0 Å². The third-order valence-corrected chi connectivity index (χ3v) is 7.40. The van der Waals surface area contributed by atoms with E-state index in [1.165, 1.54) is 12.1 Å². The molecule has 0 spiro atoms. The lowest BCUT2D eigenvalue weighted by atomic mass is 9.92. The van der Waals surface area contributed by atoms with Crippen LogP contribution in [0.4, 0.5) is 0 Å². The van der Waals surface area contributed by atoms with Gasteiger partial charge in [0.1, 0.15) is 0 Å². The molecule has 4 nitrogen and oxygen atoms in total. The van der Waals surface area contributed by atoms with Crippen LogP contribution in [0.15, 0.2) is 65.6 Å². The molecule has 146 valence electrons. The highest BCUT2D eigenvalue weighted by atomic mass is 32.2. The highest BCUT2D eigenvalue weighted by molar-refractivity contribution is 7.93. The zero-order valence-electron chi connectivity index (χ0n) is 15.8. The normalized spacial score (nSPS) is 13.8. The van der Waals surface area contributed by atoms with Crippen molar-refractivity contribution < 1.29 is 18.3 Å². The van der Waals surface area contributed by atoms with Gasteiger partial charge in [0.2, 0.25) is 0 Å². The van der Waals surface area contributed by atoms with Crippen LogP contribution in [-0.2, 0) is 19.4 Å². The second-order valence-electron chi connectivity index (χ2n) is 6.83. The fraction of sp³-hybridized carbons (Fsp3) is 0.409. The molecule has 2 rings (SSSR count). The molecule has 0 fully saturated rings. The van der Waals surface area contributed by atoms with Crippen LogP contribution in [0.3, 0.4) is 0 Å². The minimum atomic E-state index is -4.11. The predicted molar refractivity (Wildman–Crippen MR) is 107 cm³/mol. The Morgan fingerprint density at radius 3 is 1.93 bits per heavy atom. The van der Waals surface area contributed by atoms with Crippen molar-refractivity contribution in [3.05, 3.63) is 66.2 Å². The molecule has 0 aliphatic carbocycles. The quantitative estimate of drug-likeness (QED) is 0.538. The molecule has 0 bridgehead atoms. The van der Waals surface area contributed by atoms with E-state index in [1.54, 1.807) is 48.5 Å². The summed E-state index contributed by atoms with van der Waals surface area (Å²) < 4.78 is 25.0. The van der Waals surface area contributed by atoms with Crippen molar-refractivity contribution in [2.75, 3.05) is 0 Å². The van der Waals surface area contributed by atoms with E-state index in [1.807, 2.05) is 0 Å². The Morgan fingerprint density at radius 1 is 0.852 bits per heavy atom. The van der Waals surface area contributed by atoms with Gasteiger partial charge in [-0.1, -0.05) is 94.0 Å². The molecule has 0 amide bonds. The van der Waals surface area contributed by atoms with Crippen molar-refractivity contribution in [3.63, 3.8) is 0 Å². The Kier molecular flexibility index (Phi) is 7.60. The summed E-state index contributed by atoms with van der Waals surface area (Å²) in [6, 6.07) is 16.2.